The number of amides is 1. The molecule has 0 bridgehead atoms. The highest BCUT2D eigenvalue weighted by molar-refractivity contribution is 7.17. The van der Waals surface area contributed by atoms with Crippen molar-refractivity contribution in [1.29, 1.82) is 0 Å². The Bertz CT molecular complexity index is 1290. The van der Waals surface area contributed by atoms with Crippen LogP contribution < -0.4 is 15.5 Å². The van der Waals surface area contributed by atoms with Crippen LogP contribution in [0.1, 0.15) is 10.4 Å². The molecule has 28 heavy (non-hydrogen) atoms. The molecule has 0 aliphatic heterocycles. The Hall–Kier alpha value is -3.37. The maximum atomic E-state index is 12.5. The van der Waals surface area contributed by atoms with Crippen LogP contribution in [0.2, 0.25) is 5.02 Å². The first-order chi connectivity index (χ1) is 13.5. The van der Waals surface area contributed by atoms with E-state index in [0.717, 1.165) is 16.2 Å². The number of nitrogens with one attached hydrogen (secondary N) is 2. The smallest absolute Gasteiger partial charge is 0.322 e. The lowest BCUT2D eigenvalue weighted by Crippen LogP contribution is -2.33. The van der Waals surface area contributed by atoms with Crippen molar-refractivity contribution in [3.8, 4) is 11.6 Å². The molecule has 0 spiro atoms. The normalized spacial score (nSPS) is 11.0. The zero-order valence-corrected chi connectivity index (χ0v) is 15.5. The molecule has 0 aliphatic rings. The predicted octanol–water partition coefficient (Wildman–Crippen LogP) is 2.50. The van der Waals surface area contributed by atoms with Gasteiger partial charge in [-0.2, -0.15) is 0 Å². The first-order valence-electron chi connectivity index (χ1n) is 7.88. The highest BCUT2D eigenvalue weighted by Gasteiger charge is 2.21. The summed E-state index contributed by atoms with van der Waals surface area (Å²) >= 11 is 7.61. The van der Waals surface area contributed by atoms with Gasteiger partial charge in [0, 0.05) is 16.5 Å². The van der Waals surface area contributed by atoms with Crippen molar-refractivity contribution >= 4 is 50.5 Å². The molecule has 0 aliphatic carbocycles. The molecule has 1 aromatic carbocycles. The summed E-state index contributed by atoms with van der Waals surface area (Å²) in [5, 5.41) is 16.9. The number of rotatable bonds is 5. The molecule has 0 radical (unpaired) electrons. The number of aromatic nitrogens is 3. The van der Waals surface area contributed by atoms with E-state index in [-0.39, 0.29) is 17.1 Å². The van der Waals surface area contributed by atoms with E-state index in [1.165, 1.54) is 22.2 Å². The summed E-state index contributed by atoms with van der Waals surface area (Å²) < 4.78 is 8.03. The van der Waals surface area contributed by atoms with Gasteiger partial charge in [-0.15, -0.1) is 11.3 Å². The van der Waals surface area contributed by atoms with Crippen molar-refractivity contribution in [2.24, 2.45) is 0 Å². The number of hydrogen-bond acceptors (Lipinski definition) is 6. The first-order valence-corrected chi connectivity index (χ1v) is 9.14. The second kappa shape index (κ2) is 6.98. The predicted molar refractivity (Wildman–Crippen MR) is 103 cm³/mol. The number of aromatic amines is 1. The van der Waals surface area contributed by atoms with Crippen LogP contribution in [0.3, 0.4) is 0 Å². The van der Waals surface area contributed by atoms with Crippen molar-refractivity contribution < 1.29 is 19.4 Å². The average molecular weight is 419 g/mol. The topological polar surface area (TPSA) is 126 Å². The lowest BCUT2D eigenvalue weighted by atomic mass is 10.2. The number of halogens is 1. The van der Waals surface area contributed by atoms with E-state index >= 15 is 0 Å². The Labute approximate surface area is 165 Å². The van der Waals surface area contributed by atoms with Crippen LogP contribution in [0.25, 0.3) is 15.7 Å². The van der Waals surface area contributed by atoms with Crippen LogP contribution in [0.15, 0.2) is 40.8 Å². The van der Waals surface area contributed by atoms with E-state index in [1.54, 1.807) is 12.1 Å². The molecule has 3 heterocycles. The van der Waals surface area contributed by atoms with Gasteiger partial charge >= 0.3 is 5.97 Å². The van der Waals surface area contributed by atoms with Gasteiger partial charge in [-0.05, 0) is 23.6 Å². The van der Waals surface area contributed by atoms with Gasteiger partial charge in [0.15, 0.2) is 5.65 Å². The van der Waals surface area contributed by atoms with E-state index in [0.29, 0.717) is 10.8 Å². The van der Waals surface area contributed by atoms with E-state index in [2.05, 4.69) is 15.4 Å². The molecule has 4 aromatic rings. The number of fused-ring (bicyclic) bond motifs is 2. The van der Waals surface area contributed by atoms with Crippen molar-refractivity contribution in [3.63, 3.8) is 0 Å². The van der Waals surface area contributed by atoms with E-state index in [4.69, 9.17) is 21.4 Å². The number of aliphatic carboxylic acids is 1. The minimum atomic E-state index is -1.23. The summed E-state index contributed by atoms with van der Waals surface area (Å²) in [6, 6.07) is 6.37. The Morgan fingerprint density at radius 3 is 2.96 bits per heavy atom. The monoisotopic (exact) mass is 418 g/mol. The van der Waals surface area contributed by atoms with Crippen molar-refractivity contribution in [1.82, 2.24) is 19.9 Å². The molecule has 3 N–H and O–H groups in total. The maximum absolute atomic E-state index is 12.5. The molecule has 0 unspecified atom stereocenters. The number of carboxylic acid groups (broad SMARTS) is 1. The largest absolute Gasteiger partial charge is 0.480 e. The number of pyridine rings is 1. The fourth-order valence-electron chi connectivity index (χ4n) is 2.70. The highest BCUT2D eigenvalue weighted by Crippen LogP contribution is 2.37. The third-order valence-corrected chi connectivity index (χ3v) is 5.16. The second-order valence-corrected chi connectivity index (χ2v) is 6.98. The van der Waals surface area contributed by atoms with Crippen molar-refractivity contribution in [3.05, 3.63) is 56.8 Å². The number of ether oxygens (including phenoxy) is 1. The summed E-state index contributed by atoms with van der Waals surface area (Å²) in [6.45, 7) is -0.617. The number of thiophene rings is 1. The maximum Gasteiger partial charge on any atom is 0.322 e. The summed E-state index contributed by atoms with van der Waals surface area (Å²) in [5.74, 6) is -1.46. The lowest BCUT2D eigenvalue weighted by Gasteiger charge is -2.10. The van der Waals surface area contributed by atoms with Crippen LogP contribution in [-0.2, 0) is 4.79 Å². The fraction of sp³-hybridized carbons (Fsp3) is 0.0588. The SMILES string of the molecule is O=C(O)CNC(=O)c1c(=O)cc(Oc2ccc(Cl)c3ccsc23)n2[nH]cnc12. The van der Waals surface area contributed by atoms with Crippen LogP contribution in [-0.4, -0.2) is 38.1 Å². The molecule has 0 saturated carbocycles. The third kappa shape index (κ3) is 3.08. The molecule has 0 atom stereocenters. The molecule has 4 rings (SSSR count). The number of carbonyl (C=O) groups excluding carboxylic acids is 1. The summed E-state index contributed by atoms with van der Waals surface area (Å²) in [6.07, 6.45) is 1.29. The van der Waals surface area contributed by atoms with Gasteiger partial charge in [0.1, 0.15) is 24.2 Å². The van der Waals surface area contributed by atoms with Crippen molar-refractivity contribution in [2.75, 3.05) is 6.54 Å². The summed E-state index contributed by atoms with van der Waals surface area (Å²) in [5.41, 5.74) is -0.921. The highest BCUT2D eigenvalue weighted by atomic mass is 35.5. The van der Waals surface area contributed by atoms with Crippen LogP contribution in [0, 0.1) is 0 Å². The number of hydrogen-bond donors (Lipinski definition) is 3. The fourth-order valence-corrected chi connectivity index (χ4v) is 3.85. The summed E-state index contributed by atoms with van der Waals surface area (Å²) in [7, 11) is 0. The van der Waals surface area contributed by atoms with Gasteiger partial charge in [0.2, 0.25) is 11.3 Å². The quantitative estimate of drug-likeness (QED) is 0.457. The van der Waals surface area contributed by atoms with Gasteiger partial charge in [-0.3, -0.25) is 19.5 Å². The van der Waals surface area contributed by atoms with Crippen LogP contribution in [0.4, 0.5) is 0 Å². The number of H-pyrrole nitrogens is 1. The zero-order chi connectivity index (χ0) is 19.8. The molecular weight excluding hydrogens is 408 g/mol. The van der Waals surface area contributed by atoms with Gasteiger partial charge in [-0.25, -0.2) is 9.50 Å². The zero-order valence-electron chi connectivity index (χ0n) is 13.9. The molecule has 0 fully saturated rings. The second-order valence-electron chi connectivity index (χ2n) is 5.66. The lowest BCUT2D eigenvalue weighted by molar-refractivity contribution is -0.135. The number of carbonyl (C=O) groups is 2. The van der Waals surface area contributed by atoms with E-state index in [1.807, 2.05) is 11.4 Å². The number of nitrogens with zero attached hydrogens (tertiary/aromatic N) is 2. The van der Waals surface area contributed by atoms with Crippen LogP contribution >= 0.6 is 22.9 Å². The third-order valence-electron chi connectivity index (χ3n) is 3.90. The summed E-state index contributed by atoms with van der Waals surface area (Å²) in [4.78, 5) is 39.4. The molecule has 9 nitrogen and oxygen atoms in total. The van der Waals surface area contributed by atoms with E-state index in [9.17, 15) is 14.4 Å². The number of benzene rings is 1. The van der Waals surface area contributed by atoms with Crippen molar-refractivity contribution in [2.45, 2.75) is 0 Å². The van der Waals surface area contributed by atoms with Gasteiger partial charge in [0.05, 0.1) is 4.70 Å². The molecular formula is C17H11ClN4O5S. The first kappa shape index (κ1) is 18.0. The minimum Gasteiger partial charge on any atom is -0.480 e. The standard InChI is InChI=1S/C17H11ClN4O5S/c18-9-1-2-11(15-8(9)3-4-28-15)27-12-5-10(23)14(16-20-7-21-22(12)16)17(26)19-6-13(24)25/h1-5,7H,6H2,(H,19,26)(H,20,21)(H,24,25). The van der Waals surface area contributed by atoms with E-state index < -0.39 is 23.9 Å². The van der Waals surface area contributed by atoms with Crippen LogP contribution in [0.5, 0.6) is 11.6 Å². The Morgan fingerprint density at radius 2 is 2.18 bits per heavy atom. The average Bonchev–Trinajstić information content (AvgIpc) is 3.32. The number of carboxylic acids is 1. The van der Waals surface area contributed by atoms with Gasteiger partial charge in [0.25, 0.3) is 5.91 Å². The molecule has 0 saturated heterocycles. The Balaban J connectivity index is 1.78. The Kier molecular flexibility index (Phi) is 4.49. The van der Waals surface area contributed by atoms with Gasteiger partial charge < -0.3 is 15.2 Å². The Morgan fingerprint density at radius 1 is 1.36 bits per heavy atom. The van der Waals surface area contributed by atoms with Gasteiger partial charge in [-0.1, -0.05) is 11.6 Å². The minimum absolute atomic E-state index is 0.0155. The molecule has 142 valence electrons. The molecule has 3 aromatic heterocycles. The molecule has 11 heteroatoms. The molecule has 1 amide bonds.